The average molecular weight is 255 g/mol. The van der Waals surface area contributed by atoms with Crippen molar-refractivity contribution in [1.82, 2.24) is 10.2 Å². The zero-order chi connectivity index (χ0) is 12.3. The molecule has 92 valence electrons. The molecular formula is C12H15ClN2O2. The Bertz CT molecular complexity index is 423. The van der Waals surface area contributed by atoms with Crippen molar-refractivity contribution in [3.63, 3.8) is 0 Å². The van der Waals surface area contributed by atoms with Gasteiger partial charge in [0.2, 0.25) is 0 Å². The molecule has 1 heterocycles. The van der Waals surface area contributed by atoms with Crippen molar-refractivity contribution in [3.8, 4) is 5.75 Å². The van der Waals surface area contributed by atoms with Gasteiger partial charge in [-0.05, 0) is 24.6 Å². The summed E-state index contributed by atoms with van der Waals surface area (Å²) in [4.78, 5) is 13.0. The Kier molecular flexibility index (Phi) is 3.74. The number of urea groups is 1. The number of aryl methyl sites for hydroxylation is 1. The van der Waals surface area contributed by atoms with Crippen molar-refractivity contribution in [3.05, 3.63) is 28.8 Å². The molecule has 1 aromatic carbocycles. The molecule has 0 atom stereocenters. The van der Waals surface area contributed by atoms with Gasteiger partial charge in [0.25, 0.3) is 0 Å². The fraction of sp³-hybridized carbons (Fsp3) is 0.417. The average Bonchev–Trinajstić information content (AvgIpc) is 2.70. The van der Waals surface area contributed by atoms with Crippen LogP contribution in [0.1, 0.15) is 5.56 Å². The van der Waals surface area contributed by atoms with E-state index in [-0.39, 0.29) is 6.03 Å². The van der Waals surface area contributed by atoms with Crippen LogP contribution in [0.3, 0.4) is 0 Å². The summed E-state index contributed by atoms with van der Waals surface area (Å²) >= 11 is 5.89. The lowest BCUT2D eigenvalue weighted by Gasteiger charge is -2.15. The number of rotatable bonds is 4. The number of hydrogen-bond donors (Lipinski definition) is 1. The van der Waals surface area contributed by atoms with Crippen LogP contribution in [0.2, 0.25) is 5.02 Å². The summed E-state index contributed by atoms with van der Waals surface area (Å²) in [7, 11) is 0. The molecule has 1 aromatic rings. The first kappa shape index (κ1) is 12.0. The Hall–Kier alpha value is -1.42. The van der Waals surface area contributed by atoms with E-state index < -0.39 is 0 Å². The Morgan fingerprint density at radius 3 is 3.06 bits per heavy atom. The molecule has 5 heteroatoms. The molecule has 2 rings (SSSR count). The number of hydrogen-bond acceptors (Lipinski definition) is 2. The number of amides is 2. The monoisotopic (exact) mass is 254 g/mol. The van der Waals surface area contributed by atoms with Crippen molar-refractivity contribution < 1.29 is 9.53 Å². The highest BCUT2D eigenvalue weighted by Gasteiger charge is 2.18. The summed E-state index contributed by atoms with van der Waals surface area (Å²) in [6.07, 6.45) is 0. The molecule has 1 aliphatic heterocycles. The second-order valence-corrected chi connectivity index (χ2v) is 4.41. The molecule has 2 amide bonds. The van der Waals surface area contributed by atoms with Gasteiger partial charge in [-0.3, -0.25) is 0 Å². The van der Waals surface area contributed by atoms with Crippen LogP contribution in [0.15, 0.2) is 18.2 Å². The fourth-order valence-corrected chi connectivity index (χ4v) is 1.88. The predicted molar refractivity (Wildman–Crippen MR) is 66.7 cm³/mol. The minimum atomic E-state index is -0.0172. The smallest absolute Gasteiger partial charge is 0.317 e. The largest absolute Gasteiger partial charge is 0.491 e. The summed E-state index contributed by atoms with van der Waals surface area (Å²) in [5.41, 5.74) is 1.04. The molecular weight excluding hydrogens is 240 g/mol. The van der Waals surface area contributed by atoms with Gasteiger partial charge >= 0.3 is 6.03 Å². The van der Waals surface area contributed by atoms with Crippen LogP contribution in [0.4, 0.5) is 4.79 Å². The summed E-state index contributed by atoms with van der Waals surface area (Å²) in [6, 6.07) is 5.52. The lowest BCUT2D eigenvalue weighted by molar-refractivity contribution is 0.202. The van der Waals surface area contributed by atoms with Crippen molar-refractivity contribution in [2.45, 2.75) is 6.92 Å². The minimum Gasteiger partial charge on any atom is -0.491 e. The minimum absolute atomic E-state index is 0.0172. The van der Waals surface area contributed by atoms with Crippen molar-refractivity contribution in [2.24, 2.45) is 0 Å². The lowest BCUT2D eigenvalue weighted by Crippen LogP contribution is -2.31. The van der Waals surface area contributed by atoms with Gasteiger partial charge in [-0.15, -0.1) is 0 Å². The first-order chi connectivity index (χ1) is 8.16. The van der Waals surface area contributed by atoms with E-state index in [1.165, 1.54) is 0 Å². The highest BCUT2D eigenvalue weighted by atomic mass is 35.5. The van der Waals surface area contributed by atoms with Gasteiger partial charge in [0, 0.05) is 18.1 Å². The molecule has 0 bridgehead atoms. The molecule has 0 spiro atoms. The van der Waals surface area contributed by atoms with E-state index in [4.69, 9.17) is 16.3 Å². The highest BCUT2D eigenvalue weighted by molar-refractivity contribution is 6.30. The zero-order valence-electron chi connectivity index (χ0n) is 9.70. The lowest BCUT2D eigenvalue weighted by atomic mass is 10.2. The Morgan fingerprint density at radius 1 is 1.53 bits per heavy atom. The predicted octanol–water partition coefficient (Wildman–Crippen LogP) is 2.05. The molecule has 0 radical (unpaired) electrons. The molecule has 0 aromatic heterocycles. The van der Waals surface area contributed by atoms with Crippen molar-refractivity contribution in [1.29, 1.82) is 0 Å². The van der Waals surface area contributed by atoms with E-state index >= 15 is 0 Å². The molecule has 1 N–H and O–H groups in total. The Labute approximate surface area is 106 Å². The third-order valence-corrected chi connectivity index (χ3v) is 2.95. The fourth-order valence-electron chi connectivity index (χ4n) is 1.72. The standard InChI is InChI=1S/C12H15ClN2O2/c1-9-2-3-10(13)8-11(9)17-7-6-15-5-4-14-12(15)16/h2-3,8H,4-7H2,1H3,(H,14,16). The second kappa shape index (κ2) is 5.27. The number of carbonyl (C=O) groups is 1. The van der Waals surface area contributed by atoms with Gasteiger partial charge in [-0.25, -0.2) is 4.79 Å². The van der Waals surface area contributed by atoms with Crippen LogP contribution in [0.25, 0.3) is 0 Å². The normalized spacial score (nSPS) is 14.9. The number of benzene rings is 1. The van der Waals surface area contributed by atoms with E-state index in [1.54, 1.807) is 11.0 Å². The molecule has 17 heavy (non-hydrogen) atoms. The summed E-state index contributed by atoms with van der Waals surface area (Å²) in [6.45, 7) is 4.51. The number of carbonyl (C=O) groups excluding carboxylic acids is 1. The molecule has 1 fully saturated rings. The number of nitrogens with one attached hydrogen (secondary N) is 1. The van der Waals surface area contributed by atoms with Gasteiger partial charge in [-0.2, -0.15) is 0 Å². The van der Waals surface area contributed by atoms with E-state index in [1.807, 2.05) is 19.1 Å². The third kappa shape index (κ3) is 3.03. The first-order valence-corrected chi connectivity index (χ1v) is 5.96. The topological polar surface area (TPSA) is 41.6 Å². The third-order valence-electron chi connectivity index (χ3n) is 2.71. The maximum Gasteiger partial charge on any atom is 0.317 e. The maximum atomic E-state index is 11.3. The van der Waals surface area contributed by atoms with Crippen LogP contribution in [-0.4, -0.2) is 37.2 Å². The van der Waals surface area contributed by atoms with E-state index in [2.05, 4.69) is 5.32 Å². The van der Waals surface area contributed by atoms with Gasteiger partial charge in [-0.1, -0.05) is 17.7 Å². The molecule has 4 nitrogen and oxygen atoms in total. The maximum absolute atomic E-state index is 11.3. The number of ether oxygens (including phenoxy) is 1. The van der Waals surface area contributed by atoms with Crippen LogP contribution in [0.5, 0.6) is 5.75 Å². The summed E-state index contributed by atoms with van der Waals surface area (Å²) < 4.78 is 5.62. The molecule has 0 unspecified atom stereocenters. The molecule has 0 aliphatic carbocycles. The molecule has 1 saturated heterocycles. The van der Waals surface area contributed by atoms with Crippen LogP contribution < -0.4 is 10.1 Å². The summed E-state index contributed by atoms with van der Waals surface area (Å²) in [5, 5.41) is 3.41. The van der Waals surface area contributed by atoms with E-state index in [0.717, 1.165) is 24.4 Å². The quantitative estimate of drug-likeness (QED) is 0.894. The summed E-state index contributed by atoms with van der Waals surface area (Å²) in [5.74, 6) is 0.775. The number of halogens is 1. The van der Waals surface area contributed by atoms with Gasteiger partial charge in [0.05, 0.1) is 6.54 Å². The van der Waals surface area contributed by atoms with Crippen LogP contribution >= 0.6 is 11.6 Å². The SMILES string of the molecule is Cc1ccc(Cl)cc1OCCN1CCNC1=O. The van der Waals surface area contributed by atoms with Crippen LogP contribution in [0, 0.1) is 6.92 Å². The number of nitrogens with zero attached hydrogens (tertiary/aromatic N) is 1. The van der Waals surface area contributed by atoms with E-state index in [9.17, 15) is 4.79 Å². The first-order valence-electron chi connectivity index (χ1n) is 5.58. The molecule has 1 aliphatic rings. The van der Waals surface area contributed by atoms with Crippen LogP contribution in [-0.2, 0) is 0 Å². The van der Waals surface area contributed by atoms with Gasteiger partial charge in [0.15, 0.2) is 0 Å². The van der Waals surface area contributed by atoms with Crippen molar-refractivity contribution >= 4 is 17.6 Å². The van der Waals surface area contributed by atoms with Gasteiger partial charge in [0.1, 0.15) is 12.4 Å². The highest BCUT2D eigenvalue weighted by Crippen LogP contribution is 2.22. The Morgan fingerprint density at radius 2 is 2.35 bits per heavy atom. The molecule has 0 saturated carbocycles. The Balaban J connectivity index is 1.85. The van der Waals surface area contributed by atoms with E-state index in [0.29, 0.717) is 18.2 Å². The second-order valence-electron chi connectivity index (χ2n) is 3.98. The zero-order valence-corrected chi connectivity index (χ0v) is 10.5. The van der Waals surface area contributed by atoms with Crippen molar-refractivity contribution in [2.75, 3.05) is 26.2 Å². The van der Waals surface area contributed by atoms with Gasteiger partial charge < -0.3 is 15.0 Å².